The van der Waals surface area contributed by atoms with Crippen molar-refractivity contribution in [2.24, 2.45) is 5.10 Å². The van der Waals surface area contributed by atoms with Crippen LogP contribution in [0.2, 0.25) is 0 Å². The van der Waals surface area contributed by atoms with Gasteiger partial charge in [-0.3, -0.25) is 4.79 Å². The van der Waals surface area contributed by atoms with Crippen LogP contribution < -0.4 is 10.2 Å². The van der Waals surface area contributed by atoms with E-state index in [1.54, 1.807) is 6.21 Å². The van der Waals surface area contributed by atoms with E-state index in [0.717, 1.165) is 27.4 Å². The molecule has 0 spiro atoms. The van der Waals surface area contributed by atoms with Crippen LogP contribution in [0.3, 0.4) is 0 Å². The average Bonchev–Trinajstić information content (AvgIpc) is 2.61. The second-order valence-corrected chi connectivity index (χ2v) is 7.57. The third-order valence-corrected chi connectivity index (χ3v) is 5.40. The van der Waals surface area contributed by atoms with Gasteiger partial charge in [0, 0.05) is 4.47 Å². The van der Waals surface area contributed by atoms with Crippen LogP contribution in [0.4, 0.5) is 0 Å². The molecule has 130 valence electrons. The van der Waals surface area contributed by atoms with E-state index in [0.29, 0.717) is 5.75 Å². The zero-order valence-electron chi connectivity index (χ0n) is 13.6. The van der Waals surface area contributed by atoms with Crippen molar-refractivity contribution in [2.45, 2.75) is 25.7 Å². The SMILES string of the molecule is O=C(COc1ccc2c(c1Br)CCCC2)N/N=C\c1cccc(Br)c1. The summed E-state index contributed by atoms with van der Waals surface area (Å²) in [6.07, 6.45) is 6.19. The number of aryl methyl sites for hydroxylation is 1. The summed E-state index contributed by atoms with van der Waals surface area (Å²) in [7, 11) is 0. The van der Waals surface area contributed by atoms with Crippen LogP contribution in [0.5, 0.6) is 5.75 Å². The Morgan fingerprint density at radius 3 is 2.88 bits per heavy atom. The highest BCUT2D eigenvalue weighted by atomic mass is 79.9. The van der Waals surface area contributed by atoms with E-state index >= 15 is 0 Å². The minimum Gasteiger partial charge on any atom is -0.483 e. The highest BCUT2D eigenvalue weighted by Gasteiger charge is 2.16. The average molecular weight is 466 g/mol. The van der Waals surface area contributed by atoms with Gasteiger partial charge in [0.25, 0.3) is 5.91 Å². The molecule has 0 saturated heterocycles. The molecule has 0 saturated carbocycles. The van der Waals surface area contributed by atoms with Gasteiger partial charge in [0.15, 0.2) is 6.61 Å². The van der Waals surface area contributed by atoms with E-state index < -0.39 is 0 Å². The van der Waals surface area contributed by atoms with E-state index in [1.165, 1.54) is 24.0 Å². The Kier molecular flexibility index (Phi) is 6.26. The minimum atomic E-state index is -0.295. The standard InChI is InChI=1S/C19H18Br2N2O2/c20-15-6-3-4-13(10-15)11-22-23-18(24)12-25-17-9-8-14-5-1-2-7-16(14)19(17)21/h3-4,6,8-11H,1-2,5,7,12H2,(H,23,24)/b22-11-. The maximum atomic E-state index is 11.9. The van der Waals surface area contributed by atoms with Gasteiger partial charge in [0.1, 0.15) is 5.75 Å². The predicted octanol–water partition coefficient (Wildman–Crippen LogP) is 4.62. The molecule has 2 aromatic rings. The molecule has 1 amide bonds. The highest BCUT2D eigenvalue weighted by Crippen LogP contribution is 2.35. The summed E-state index contributed by atoms with van der Waals surface area (Å²) in [5, 5.41) is 3.95. The second-order valence-electron chi connectivity index (χ2n) is 5.86. The lowest BCUT2D eigenvalue weighted by Gasteiger charge is -2.19. The summed E-state index contributed by atoms with van der Waals surface area (Å²) in [6.45, 7) is -0.0762. The summed E-state index contributed by atoms with van der Waals surface area (Å²) in [6, 6.07) is 11.7. The first-order valence-corrected chi connectivity index (χ1v) is 9.72. The van der Waals surface area contributed by atoms with Gasteiger partial charge in [-0.2, -0.15) is 5.10 Å². The number of fused-ring (bicyclic) bond motifs is 1. The van der Waals surface area contributed by atoms with Crippen LogP contribution in [0, 0.1) is 0 Å². The molecule has 1 aliphatic carbocycles. The van der Waals surface area contributed by atoms with Crippen molar-refractivity contribution >= 4 is 44.0 Å². The summed E-state index contributed by atoms with van der Waals surface area (Å²) >= 11 is 7.01. The van der Waals surface area contributed by atoms with Crippen molar-refractivity contribution < 1.29 is 9.53 Å². The fourth-order valence-corrected chi connectivity index (χ4v) is 3.93. The largest absolute Gasteiger partial charge is 0.483 e. The number of hydrazone groups is 1. The summed E-state index contributed by atoms with van der Waals surface area (Å²) in [4.78, 5) is 11.9. The van der Waals surface area contributed by atoms with Gasteiger partial charge in [-0.1, -0.05) is 34.1 Å². The van der Waals surface area contributed by atoms with Gasteiger partial charge >= 0.3 is 0 Å². The summed E-state index contributed by atoms with van der Waals surface area (Å²) < 4.78 is 7.58. The molecule has 0 heterocycles. The van der Waals surface area contributed by atoms with E-state index in [9.17, 15) is 4.79 Å². The van der Waals surface area contributed by atoms with Crippen LogP contribution in [0.1, 0.15) is 29.5 Å². The molecule has 0 aromatic heterocycles. The number of nitrogens with zero attached hydrogens (tertiary/aromatic N) is 1. The van der Waals surface area contributed by atoms with E-state index in [1.807, 2.05) is 30.3 Å². The number of amides is 1. The van der Waals surface area contributed by atoms with Crippen molar-refractivity contribution in [3.8, 4) is 5.75 Å². The normalized spacial score (nSPS) is 13.5. The molecule has 6 heteroatoms. The Morgan fingerprint density at radius 1 is 1.20 bits per heavy atom. The molecule has 25 heavy (non-hydrogen) atoms. The molecule has 0 bridgehead atoms. The number of benzene rings is 2. The molecule has 0 unspecified atom stereocenters. The van der Waals surface area contributed by atoms with Crippen molar-refractivity contribution in [3.05, 3.63) is 62.0 Å². The van der Waals surface area contributed by atoms with Crippen LogP contribution in [-0.4, -0.2) is 18.7 Å². The molecular weight excluding hydrogens is 448 g/mol. The molecule has 0 atom stereocenters. The maximum absolute atomic E-state index is 11.9. The van der Waals surface area contributed by atoms with E-state index in [4.69, 9.17) is 4.74 Å². The topological polar surface area (TPSA) is 50.7 Å². The van der Waals surface area contributed by atoms with Gasteiger partial charge in [-0.25, -0.2) is 5.43 Å². The van der Waals surface area contributed by atoms with Crippen molar-refractivity contribution in [1.29, 1.82) is 0 Å². The first-order valence-electron chi connectivity index (χ1n) is 8.14. The number of carbonyl (C=O) groups excluding carboxylic acids is 1. The van der Waals surface area contributed by atoms with Gasteiger partial charge in [0.05, 0.1) is 10.7 Å². The minimum absolute atomic E-state index is 0.0762. The number of halogens is 2. The molecule has 0 aliphatic heterocycles. The van der Waals surface area contributed by atoms with Crippen LogP contribution in [-0.2, 0) is 17.6 Å². The molecule has 4 nitrogen and oxygen atoms in total. The Hall–Kier alpha value is -1.66. The zero-order valence-corrected chi connectivity index (χ0v) is 16.8. The summed E-state index contributed by atoms with van der Waals surface area (Å²) in [5.74, 6) is 0.405. The zero-order chi connectivity index (χ0) is 17.6. The van der Waals surface area contributed by atoms with Gasteiger partial charge in [0.2, 0.25) is 0 Å². The van der Waals surface area contributed by atoms with E-state index in [2.05, 4.69) is 48.5 Å². The Labute approximate surface area is 163 Å². The molecular formula is C19H18Br2N2O2. The number of hydrogen-bond acceptors (Lipinski definition) is 3. The number of nitrogens with one attached hydrogen (secondary N) is 1. The smallest absolute Gasteiger partial charge is 0.277 e. The molecule has 3 rings (SSSR count). The molecule has 1 aliphatic rings. The Balaban J connectivity index is 1.54. The van der Waals surface area contributed by atoms with Crippen molar-refractivity contribution in [3.63, 3.8) is 0 Å². The lowest BCUT2D eigenvalue weighted by Crippen LogP contribution is -2.24. The molecule has 2 aromatic carbocycles. The fourth-order valence-electron chi connectivity index (χ4n) is 2.81. The fraction of sp³-hybridized carbons (Fsp3) is 0.263. The molecule has 1 N–H and O–H groups in total. The number of carbonyl (C=O) groups is 1. The quantitative estimate of drug-likeness (QED) is 0.517. The first-order chi connectivity index (χ1) is 12.1. The van der Waals surface area contributed by atoms with Gasteiger partial charge in [-0.15, -0.1) is 0 Å². The Morgan fingerprint density at radius 2 is 2.04 bits per heavy atom. The third kappa shape index (κ3) is 4.92. The Bertz CT molecular complexity index is 806. The number of ether oxygens (including phenoxy) is 1. The van der Waals surface area contributed by atoms with Gasteiger partial charge in [-0.05, 0) is 76.5 Å². The van der Waals surface area contributed by atoms with E-state index in [-0.39, 0.29) is 12.5 Å². The van der Waals surface area contributed by atoms with Crippen molar-refractivity contribution in [2.75, 3.05) is 6.61 Å². The third-order valence-electron chi connectivity index (χ3n) is 4.04. The molecule has 0 radical (unpaired) electrons. The van der Waals surface area contributed by atoms with Crippen molar-refractivity contribution in [1.82, 2.24) is 5.43 Å². The first kappa shape index (κ1) is 18.1. The lowest BCUT2D eigenvalue weighted by atomic mass is 9.92. The molecule has 0 fully saturated rings. The number of rotatable bonds is 5. The summed E-state index contributed by atoms with van der Waals surface area (Å²) in [5.41, 5.74) is 6.05. The van der Waals surface area contributed by atoms with Crippen LogP contribution in [0.15, 0.2) is 50.4 Å². The predicted molar refractivity (Wildman–Crippen MR) is 106 cm³/mol. The lowest BCUT2D eigenvalue weighted by molar-refractivity contribution is -0.123. The monoisotopic (exact) mass is 464 g/mol. The second kappa shape index (κ2) is 8.63. The number of hydrogen-bond donors (Lipinski definition) is 1. The van der Waals surface area contributed by atoms with Crippen LogP contribution in [0.25, 0.3) is 0 Å². The van der Waals surface area contributed by atoms with Gasteiger partial charge < -0.3 is 4.74 Å². The highest BCUT2D eigenvalue weighted by molar-refractivity contribution is 9.10. The maximum Gasteiger partial charge on any atom is 0.277 e. The van der Waals surface area contributed by atoms with Crippen LogP contribution >= 0.6 is 31.9 Å².